The van der Waals surface area contributed by atoms with Gasteiger partial charge in [-0.2, -0.15) is 0 Å². The number of benzene rings is 2. The molecular formula is C18H21FN2O2S. The Morgan fingerprint density at radius 3 is 2.67 bits per heavy atom. The molecule has 2 aromatic carbocycles. The van der Waals surface area contributed by atoms with Crippen LogP contribution in [0.3, 0.4) is 0 Å². The zero-order valence-electron chi connectivity index (χ0n) is 13.8. The van der Waals surface area contributed by atoms with Crippen molar-refractivity contribution in [2.45, 2.75) is 11.4 Å². The van der Waals surface area contributed by atoms with Gasteiger partial charge < -0.3 is 15.0 Å². The molecular weight excluding hydrogens is 327 g/mol. The average molecular weight is 348 g/mol. The Bertz CT molecular complexity index is 667. The molecule has 0 saturated carbocycles. The van der Waals surface area contributed by atoms with Gasteiger partial charge >= 0.3 is 6.03 Å². The lowest BCUT2D eigenvalue weighted by Crippen LogP contribution is -2.37. The van der Waals surface area contributed by atoms with E-state index in [1.807, 2.05) is 30.3 Å². The first-order valence-electron chi connectivity index (χ1n) is 7.59. The van der Waals surface area contributed by atoms with Gasteiger partial charge in [0.05, 0.1) is 7.11 Å². The maximum absolute atomic E-state index is 13.7. The zero-order valence-corrected chi connectivity index (χ0v) is 14.6. The number of carbonyl (C=O) groups excluding carboxylic acids is 1. The lowest BCUT2D eigenvalue weighted by atomic mass is 10.2. The average Bonchev–Trinajstić information content (AvgIpc) is 2.59. The third-order valence-corrected chi connectivity index (χ3v) is 4.39. The summed E-state index contributed by atoms with van der Waals surface area (Å²) in [6, 6.07) is 14.5. The fourth-order valence-corrected chi connectivity index (χ4v) is 2.92. The van der Waals surface area contributed by atoms with Crippen LogP contribution in [0.2, 0.25) is 0 Å². The van der Waals surface area contributed by atoms with E-state index in [4.69, 9.17) is 4.74 Å². The Hall–Kier alpha value is -2.21. The number of ether oxygens (including phenoxy) is 1. The van der Waals surface area contributed by atoms with Gasteiger partial charge in [0.15, 0.2) is 11.6 Å². The van der Waals surface area contributed by atoms with Crippen molar-refractivity contribution < 1.29 is 13.9 Å². The molecule has 6 heteroatoms. The van der Waals surface area contributed by atoms with Gasteiger partial charge in [-0.3, -0.25) is 0 Å². The number of urea groups is 1. The highest BCUT2D eigenvalue weighted by Crippen LogP contribution is 2.18. The third kappa shape index (κ3) is 5.45. The molecule has 0 aromatic heterocycles. The van der Waals surface area contributed by atoms with Crippen LogP contribution in [0.1, 0.15) is 5.56 Å². The van der Waals surface area contributed by atoms with E-state index in [-0.39, 0.29) is 11.8 Å². The van der Waals surface area contributed by atoms with Crippen LogP contribution in [-0.4, -0.2) is 37.4 Å². The normalized spacial score (nSPS) is 10.3. The predicted octanol–water partition coefficient (Wildman–Crippen LogP) is 3.77. The molecule has 0 aliphatic carbocycles. The van der Waals surface area contributed by atoms with E-state index in [1.54, 1.807) is 30.9 Å². The van der Waals surface area contributed by atoms with Gasteiger partial charge in [-0.15, -0.1) is 11.8 Å². The van der Waals surface area contributed by atoms with E-state index in [0.717, 1.165) is 5.75 Å². The SMILES string of the molecule is COc1ccc(CN(C)C(=O)NCCSc2ccccc2)cc1F. The number of rotatable bonds is 7. The zero-order chi connectivity index (χ0) is 17.4. The number of nitrogens with one attached hydrogen (secondary N) is 1. The highest BCUT2D eigenvalue weighted by atomic mass is 32.2. The Morgan fingerprint density at radius 1 is 1.25 bits per heavy atom. The second-order valence-corrected chi connectivity index (χ2v) is 6.39. The minimum absolute atomic E-state index is 0.181. The molecule has 0 saturated heterocycles. The van der Waals surface area contributed by atoms with E-state index < -0.39 is 5.82 Å². The van der Waals surface area contributed by atoms with Gasteiger partial charge in [0.2, 0.25) is 0 Å². The smallest absolute Gasteiger partial charge is 0.317 e. The molecule has 1 N–H and O–H groups in total. The van der Waals surface area contributed by atoms with Crippen LogP contribution in [0, 0.1) is 5.82 Å². The Balaban J connectivity index is 1.74. The molecule has 0 aliphatic rings. The van der Waals surface area contributed by atoms with Crippen LogP contribution in [0.4, 0.5) is 9.18 Å². The molecule has 2 amide bonds. The van der Waals surface area contributed by atoms with E-state index in [1.165, 1.54) is 23.0 Å². The quantitative estimate of drug-likeness (QED) is 0.612. The van der Waals surface area contributed by atoms with E-state index >= 15 is 0 Å². The van der Waals surface area contributed by atoms with Crippen LogP contribution in [-0.2, 0) is 6.54 Å². The van der Waals surface area contributed by atoms with Gasteiger partial charge in [-0.05, 0) is 29.8 Å². The molecule has 2 aromatic rings. The maximum atomic E-state index is 13.7. The number of hydrogen-bond donors (Lipinski definition) is 1. The fraction of sp³-hybridized carbons (Fsp3) is 0.278. The molecule has 0 bridgehead atoms. The van der Waals surface area contributed by atoms with Crippen molar-refractivity contribution >= 4 is 17.8 Å². The topological polar surface area (TPSA) is 41.6 Å². The largest absolute Gasteiger partial charge is 0.494 e. The lowest BCUT2D eigenvalue weighted by molar-refractivity contribution is 0.207. The van der Waals surface area contributed by atoms with E-state index in [0.29, 0.717) is 18.7 Å². The standard InChI is InChI=1S/C18H21FN2O2S/c1-21(13-14-8-9-17(23-2)16(19)12-14)18(22)20-10-11-24-15-6-4-3-5-7-15/h3-9,12H,10-11,13H2,1-2H3,(H,20,22). The minimum Gasteiger partial charge on any atom is -0.494 e. The molecule has 24 heavy (non-hydrogen) atoms. The van der Waals surface area contributed by atoms with Crippen molar-refractivity contribution in [1.29, 1.82) is 0 Å². The fourth-order valence-electron chi connectivity index (χ4n) is 2.13. The number of hydrogen-bond acceptors (Lipinski definition) is 3. The van der Waals surface area contributed by atoms with Gasteiger partial charge in [0.1, 0.15) is 0 Å². The number of thioether (sulfide) groups is 1. The number of halogens is 1. The molecule has 0 radical (unpaired) electrons. The first-order chi connectivity index (χ1) is 11.6. The highest BCUT2D eigenvalue weighted by Gasteiger charge is 2.10. The van der Waals surface area contributed by atoms with Crippen molar-refractivity contribution in [3.63, 3.8) is 0 Å². The summed E-state index contributed by atoms with van der Waals surface area (Å²) in [5, 5.41) is 2.86. The summed E-state index contributed by atoms with van der Waals surface area (Å²) in [5.74, 6) is 0.563. The second kappa shape index (κ2) is 9.17. The molecule has 2 rings (SSSR count). The van der Waals surface area contributed by atoms with Gasteiger partial charge in [0, 0.05) is 30.8 Å². The number of methoxy groups -OCH3 is 1. The van der Waals surface area contributed by atoms with Crippen molar-refractivity contribution in [2.75, 3.05) is 26.5 Å². The van der Waals surface area contributed by atoms with Gasteiger partial charge in [-0.1, -0.05) is 24.3 Å². The summed E-state index contributed by atoms with van der Waals surface area (Å²) in [5.41, 5.74) is 0.713. The molecule has 128 valence electrons. The summed E-state index contributed by atoms with van der Waals surface area (Å²) in [4.78, 5) is 14.8. The Kier molecular flexibility index (Phi) is 6.93. The molecule has 0 atom stereocenters. The highest BCUT2D eigenvalue weighted by molar-refractivity contribution is 7.99. The molecule has 4 nitrogen and oxygen atoms in total. The summed E-state index contributed by atoms with van der Waals surface area (Å²) in [7, 11) is 3.10. The molecule has 0 heterocycles. The maximum Gasteiger partial charge on any atom is 0.317 e. The van der Waals surface area contributed by atoms with Crippen LogP contribution in [0.25, 0.3) is 0 Å². The summed E-state index contributed by atoms with van der Waals surface area (Å²) < 4.78 is 18.5. The lowest BCUT2D eigenvalue weighted by Gasteiger charge is -2.18. The first kappa shape index (κ1) is 18.1. The molecule has 0 spiro atoms. The predicted molar refractivity (Wildman–Crippen MR) is 95.0 cm³/mol. The van der Waals surface area contributed by atoms with Gasteiger partial charge in [-0.25, -0.2) is 9.18 Å². The summed E-state index contributed by atoms with van der Waals surface area (Å²) in [6.07, 6.45) is 0. The first-order valence-corrected chi connectivity index (χ1v) is 8.58. The minimum atomic E-state index is -0.428. The molecule has 0 aliphatic heterocycles. The number of carbonyl (C=O) groups is 1. The van der Waals surface area contributed by atoms with Crippen LogP contribution >= 0.6 is 11.8 Å². The number of nitrogens with zero attached hydrogens (tertiary/aromatic N) is 1. The van der Waals surface area contributed by atoms with E-state index in [9.17, 15) is 9.18 Å². The van der Waals surface area contributed by atoms with Crippen molar-refractivity contribution in [1.82, 2.24) is 10.2 Å². The van der Waals surface area contributed by atoms with Crippen LogP contribution in [0.15, 0.2) is 53.4 Å². The van der Waals surface area contributed by atoms with Gasteiger partial charge in [0.25, 0.3) is 0 Å². The Morgan fingerprint density at radius 2 is 2.00 bits per heavy atom. The summed E-state index contributed by atoms with van der Waals surface area (Å²) in [6.45, 7) is 0.901. The monoisotopic (exact) mass is 348 g/mol. The summed E-state index contributed by atoms with van der Waals surface area (Å²) >= 11 is 1.69. The van der Waals surface area contributed by atoms with Crippen LogP contribution in [0.5, 0.6) is 5.75 Å². The van der Waals surface area contributed by atoms with Crippen molar-refractivity contribution in [3.05, 3.63) is 59.9 Å². The van der Waals surface area contributed by atoms with Crippen LogP contribution < -0.4 is 10.1 Å². The van der Waals surface area contributed by atoms with Crippen molar-refractivity contribution in [2.24, 2.45) is 0 Å². The molecule has 0 fully saturated rings. The Labute approximate surface area is 146 Å². The van der Waals surface area contributed by atoms with E-state index in [2.05, 4.69) is 5.32 Å². The molecule has 0 unspecified atom stereocenters. The number of amides is 2. The third-order valence-electron chi connectivity index (χ3n) is 3.37. The van der Waals surface area contributed by atoms with Crippen molar-refractivity contribution in [3.8, 4) is 5.75 Å². The second-order valence-electron chi connectivity index (χ2n) is 5.22.